The van der Waals surface area contributed by atoms with Crippen molar-refractivity contribution in [2.24, 2.45) is 0 Å². The average Bonchev–Trinajstić information content (AvgIpc) is 2.41. The molecule has 1 aromatic rings. The van der Waals surface area contributed by atoms with Gasteiger partial charge in [-0.25, -0.2) is 0 Å². The summed E-state index contributed by atoms with van der Waals surface area (Å²) in [6, 6.07) is 7.08. The summed E-state index contributed by atoms with van der Waals surface area (Å²) in [6.45, 7) is 4.09. The molecule has 3 heteroatoms. The standard InChI is InChI=1S/C14H18NO2/c16-12-13-4-6-14(7-5-13)17-11-10-15-8-2-1-3-9-15/h4-7H,1-3,8-11H2. The molecule has 0 N–H and O–H groups in total. The molecular weight excluding hydrogens is 214 g/mol. The third-order valence-corrected chi connectivity index (χ3v) is 3.10. The van der Waals surface area contributed by atoms with Crippen LogP contribution in [0.1, 0.15) is 24.8 Å². The van der Waals surface area contributed by atoms with Crippen LogP contribution in [0.15, 0.2) is 24.3 Å². The minimum Gasteiger partial charge on any atom is -0.492 e. The number of ether oxygens (including phenoxy) is 1. The van der Waals surface area contributed by atoms with Gasteiger partial charge in [-0.2, -0.15) is 0 Å². The summed E-state index contributed by atoms with van der Waals surface area (Å²) in [6.07, 6.45) is 5.83. The molecule has 0 saturated carbocycles. The van der Waals surface area contributed by atoms with Gasteiger partial charge < -0.3 is 4.74 Å². The third-order valence-electron chi connectivity index (χ3n) is 3.10. The molecule has 0 atom stereocenters. The summed E-state index contributed by atoms with van der Waals surface area (Å²) >= 11 is 0. The summed E-state index contributed by atoms with van der Waals surface area (Å²) in [5.41, 5.74) is 0.563. The van der Waals surface area contributed by atoms with Crippen molar-refractivity contribution in [2.75, 3.05) is 26.2 Å². The monoisotopic (exact) mass is 232 g/mol. The zero-order valence-electron chi connectivity index (χ0n) is 10.0. The Morgan fingerprint density at radius 1 is 1.12 bits per heavy atom. The molecule has 1 aromatic carbocycles. The zero-order valence-corrected chi connectivity index (χ0v) is 10.0. The van der Waals surface area contributed by atoms with Crippen molar-refractivity contribution in [2.45, 2.75) is 19.3 Å². The molecule has 0 bridgehead atoms. The van der Waals surface area contributed by atoms with Crippen molar-refractivity contribution in [3.63, 3.8) is 0 Å². The van der Waals surface area contributed by atoms with E-state index in [0.717, 1.165) is 12.3 Å². The van der Waals surface area contributed by atoms with Gasteiger partial charge in [0.1, 0.15) is 12.4 Å². The Labute approximate surface area is 102 Å². The van der Waals surface area contributed by atoms with E-state index in [-0.39, 0.29) is 0 Å². The van der Waals surface area contributed by atoms with E-state index >= 15 is 0 Å². The SMILES string of the molecule is O=[C]c1ccc(OCCN2CCCCC2)cc1. The van der Waals surface area contributed by atoms with Crippen LogP contribution >= 0.6 is 0 Å². The summed E-state index contributed by atoms with van der Waals surface area (Å²) in [5.74, 6) is 0.820. The van der Waals surface area contributed by atoms with Crippen molar-refractivity contribution < 1.29 is 9.53 Å². The summed E-state index contributed by atoms with van der Waals surface area (Å²) in [5, 5.41) is 0. The normalized spacial score (nSPS) is 16.7. The first-order chi connectivity index (χ1) is 8.38. The Kier molecular flexibility index (Phi) is 4.56. The van der Waals surface area contributed by atoms with Gasteiger partial charge in [-0.1, -0.05) is 6.42 Å². The van der Waals surface area contributed by atoms with Crippen LogP contribution in [0.25, 0.3) is 0 Å². The van der Waals surface area contributed by atoms with Crippen molar-refractivity contribution in [3.8, 4) is 5.75 Å². The second-order valence-corrected chi connectivity index (χ2v) is 4.38. The second kappa shape index (κ2) is 6.40. The maximum Gasteiger partial charge on any atom is 0.233 e. The molecule has 0 aliphatic carbocycles. The molecule has 2 rings (SSSR count). The molecule has 17 heavy (non-hydrogen) atoms. The maximum atomic E-state index is 10.4. The van der Waals surface area contributed by atoms with Crippen LogP contribution in [0.3, 0.4) is 0 Å². The number of likely N-dealkylation sites (tertiary alicyclic amines) is 1. The Morgan fingerprint density at radius 2 is 1.82 bits per heavy atom. The average molecular weight is 232 g/mol. The molecule has 1 saturated heterocycles. The van der Waals surface area contributed by atoms with Crippen LogP contribution in [-0.2, 0) is 4.79 Å². The molecule has 0 aromatic heterocycles. The highest BCUT2D eigenvalue weighted by atomic mass is 16.5. The fourth-order valence-corrected chi connectivity index (χ4v) is 2.09. The van der Waals surface area contributed by atoms with E-state index in [1.165, 1.54) is 32.4 Å². The Bertz CT molecular complexity index is 342. The number of rotatable bonds is 5. The van der Waals surface area contributed by atoms with Crippen LogP contribution in [0.5, 0.6) is 5.75 Å². The molecule has 1 aliphatic heterocycles. The lowest BCUT2D eigenvalue weighted by Gasteiger charge is -2.26. The summed E-state index contributed by atoms with van der Waals surface area (Å²) < 4.78 is 5.64. The number of benzene rings is 1. The molecule has 0 unspecified atom stereocenters. The predicted molar refractivity (Wildman–Crippen MR) is 67.0 cm³/mol. The van der Waals surface area contributed by atoms with Crippen LogP contribution in [0.2, 0.25) is 0 Å². The van der Waals surface area contributed by atoms with Gasteiger partial charge in [0.05, 0.1) is 0 Å². The van der Waals surface area contributed by atoms with Crippen LogP contribution in [0, 0.1) is 0 Å². The maximum absolute atomic E-state index is 10.4. The van der Waals surface area contributed by atoms with E-state index in [2.05, 4.69) is 4.90 Å². The van der Waals surface area contributed by atoms with Crippen LogP contribution in [0.4, 0.5) is 0 Å². The Morgan fingerprint density at radius 3 is 2.47 bits per heavy atom. The van der Waals surface area contributed by atoms with Gasteiger partial charge in [0.25, 0.3) is 0 Å². The summed E-state index contributed by atoms with van der Waals surface area (Å²) in [4.78, 5) is 12.8. The van der Waals surface area contributed by atoms with Crippen molar-refractivity contribution in [3.05, 3.63) is 29.8 Å². The number of hydrogen-bond acceptors (Lipinski definition) is 3. The van der Waals surface area contributed by atoms with Gasteiger partial charge in [0.15, 0.2) is 0 Å². The second-order valence-electron chi connectivity index (χ2n) is 4.38. The molecule has 1 heterocycles. The topological polar surface area (TPSA) is 29.5 Å². The first kappa shape index (κ1) is 12.1. The molecule has 1 aliphatic rings. The smallest absolute Gasteiger partial charge is 0.233 e. The van der Waals surface area contributed by atoms with Gasteiger partial charge in [-0.05, 0) is 50.2 Å². The van der Waals surface area contributed by atoms with Crippen LogP contribution < -0.4 is 4.74 Å². The third kappa shape index (κ3) is 3.86. The predicted octanol–water partition coefficient (Wildman–Crippen LogP) is 2.01. The quantitative estimate of drug-likeness (QED) is 0.777. The highest BCUT2D eigenvalue weighted by Gasteiger charge is 2.09. The van der Waals surface area contributed by atoms with Gasteiger partial charge in [-0.15, -0.1) is 0 Å². The molecule has 1 fully saturated rings. The first-order valence-corrected chi connectivity index (χ1v) is 6.22. The lowest BCUT2D eigenvalue weighted by Crippen LogP contribution is -2.33. The lowest BCUT2D eigenvalue weighted by atomic mass is 10.1. The number of carbonyl (C=O) groups excluding carboxylic acids is 1. The number of piperidine rings is 1. The van der Waals surface area contributed by atoms with E-state index in [4.69, 9.17) is 4.74 Å². The van der Waals surface area contributed by atoms with Crippen molar-refractivity contribution >= 4 is 6.29 Å². The van der Waals surface area contributed by atoms with E-state index in [9.17, 15) is 4.79 Å². The van der Waals surface area contributed by atoms with Gasteiger partial charge in [0.2, 0.25) is 6.29 Å². The molecule has 91 valence electrons. The first-order valence-electron chi connectivity index (χ1n) is 6.22. The van der Waals surface area contributed by atoms with E-state index < -0.39 is 0 Å². The molecule has 0 spiro atoms. The molecular formula is C14H18NO2. The largest absolute Gasteiger partial charge is 0.492 e. The molecule has 3 nitrogen and oxygen atoms in total. The van der Waals surface area contributed by atoms with E-state index in [1.54, 1.807) is 12.1 Å². The summed E-state index contributed by atoms with van der Waals surface area (Å²) in [7, 11) is 0. The van der Waals surface area contributed by atoms with Crippen LogP contribution in [-0.4, -0.2) is 37.4 Å². The minimum absolute atomic E-state index is 0.563. The zero-order chi connectivity index (χ0) is 11.9. The Balaban J connectivity index is 1.71. The number of hydrogen-bond donors (Lipinski definition) is 0. The fraction of sp³-hybridized carbons (Fsp3) is 0.500. The molecule has 0 amide bonds. The minimum atomic E-state index is 0.563. The Hall–Kier alpha value is -1.35. The highest BCUT2D eigenvalue weighted by molar-refractivity contribution is 5.75. The van der Waals surface area contributed by atoms with Gasteiger partial charge in [-0.3, -0.25) is 9.69 Å². The van der Waals surface area contributed by atoms with Crippen molar-refractivity contribution in [1.29, 1.82) is 0 Å². The van der Waals surface area contributed by atoms with E-state index in [0.29, 0.717) is 12.2 Å². The fourth-order valence-electron chi connectivity index (χ4n) is 2.09. The highest BCUT2D eigenvalue weighted by Crippen LogP contribution is 2.12. The van der Waals surface area contributed by atoms with Crippen molar-refractivity contribution in [1.82, 2.24) is 4.90 Å². The molecule has 1 radical (unpaired) electrons. The number of nitrogens with zero attached hydrogens (tertiary/aromatic N) is 1. The van der Waals surface area contributed by atoms with E-state index in [1.807, 2.05) is 18.4 Å². The lowest BCUT2D eigenvalue weighted by molar-refractivity contribution is 0.183. The van der Waals surface area contributed by atoms with Gasteiger partial charge >= 0.3 is 0 Å². The van der Waals surface area contributed by atoms with Gasteiger partial charge in [0, 0.05) is 12.1 Å².